The standard InChI is InChI=1S/C6H11NO2S2/c1-4-6(10-5-2)11(8,9)7-3/h4-5,7H,2H2,1,3H3/b6-4+. The van der Waals surface area contributed by atoms with Gasteiger partial charge in [0.15, 0.2) is 0 Å². The highest BCUT2D eigenvalue weighted by molar-refractivity contribution is 8.19. The third kappa shape index (κ3) is 3.09. The zero-order chi connectivity index (χ0) is 8.91. The quantitative estimate of drug-likeness (QED) is 0.731. The van der Waals surface area contributed by atoms with Gasteiger partial charge < -0.3 is 0 Å². The first-order chi connectivity index (χ1) is 5.08. The van der Waals surface area contributed by atoms with Crippen LogP contribution in [-0.4, -0.2) is 15.5 Å². The molecule has 0 radical (unpaired) electrons. The summed E-state index contributed by atoms with van der Waals surface area (Å²) < 4.78 is 24.6. The molecule has 0 saturated heterocycles. The van der Waals surface area contributed by atoms with Gasteiger partial charge >= 0.3 is 0 Å². The number of allylic oxidation sites excluding steroid dienone is 1. The molecule has 0 aromatic heterocycles. The van der Waals surface area contributed by atoms with Gasteiger partial charge in [0.1, 0.15) is 4.24 Å². The number of thioether (sulfide) groups is 1. The molecule has 0 fully saturated rings. The highest BCUT2D eigenvalue weighted by Gasteiger charge is 2.12. The van der Waals surface area contributed by atoms with Crippen LogP contribution in [0.2, 0.25) is 0 Å². The number of rotatable bonds is 4. The first kappa shape index (κ1) is 10.7. The number of nitrogens with one attached hydrogen (secondary N) is 1. The maximum atomic E-state index is 11.1. The van der Waals surface area contributed by atoms with E-state index in [1.54, 1.807) is 6.92 Å². The first-order valence-corrected chi connectivity index (χ1v) is 5.32. The van der Waals surface area contributed by atoms with Crippen molar-refractivity contribution in [2.75, 3.05) is 7.05 Å². The fourth-order valence-electron chi connectivity index (χ4n) is 0.469. The summed E-state index contributed by atoms with van der Waals surface area (Å²) in [7, 11) is -1.89. The first-order valence-electron chi connectivity index (χ1n) is 2.96. The molecule has 0 unspecified atom stereocenters. The van der Waals surface area contributed by atoms with Crippen LogP contribution in [0, 0.1) is 0 Å². The van der Waals surface area contributed by atoms with Gasteiger partial charge in [-0.15, -0.1) is 0 Å². The van der Waals surface area contributed by atoms with Crippen LogP contribution in [0.1, 0.15) is 6.92 Å². The molecule has 3 nitrogen and oxygen atoms in total. The highest BCUT2D eigenvalue weighted by atomic mass is 32.3. The monoisotopic (exact) mass is 193 g/mol. The van der Waals surface area contributed by atoms with E-state index >= 15 is 0 Å². The second kappa shape index (κ2) is 4.58. The molecule has 0 aliphatic heterocycles. The fraction of sp³-hybridized carbons (Fsp3) is 0.333. The molecule has 0 spiro atoms. The summed E-state index contributed by atoms with van der Waals surface area (Å²) in [5.74, 6) is 0. The van der Waals surface area contributed by atoms with Crippen molar-refractivity contribution in [3.05, 3.63) is 22.3 Å². The van der Waals surface area contributed by atoms with Crippen molar-refractivity contribution in [3.63, 3.8) is 0 Å². The highest BCUT2D eigenvalue weighted by Crippen LogP contribution is 2.20. The Kier molecular flexibility index (Phi) is 4.48. The summed E-state index contributed by atoms with van der Waals surface area (Å²) >= 11 is 1.08. The molecule has 0 aliphatic rings. The third-order valence-corrected chi connectivity index (χ3v) is 3.85. The SMILES string of the molecule is C=CS/C(=C\C)S(=O)(=O)NC. The van der Waals surface area contributed by atoms with Gasteiger partial charge in [0, 0.05) is 0 Å². The van der Waals surface area contributed by atoms with Gasteiger partial charge in [0.05, 0.1) is 0 Å². The zero-order valence-electron chi connectivity index (χ0n) is 6.49. The van der Waals surface area contributed by atoms with E-state index in [1.165, 1.54) is 18.5 Å². The summed E-state index contributed by atoms with van der Waals surface area (Å²) in [6.45, 7) is 5.09. The molecule has 0 aromatic carbocycles. The van der Waals surface area contributed by atoms with Crippen molar-refractivity contribution in [2.24, 2.45) is 0 Å². The van der Waals surface area contributed by atoms with Gasteiger partial charge in [-0.25, -0.2) is 13.1 Å². The molecule has 0 rings (SSSR count). The van der Waals surface area contributed by atoms with Crippen LogP contribution in [0.25, 0.3) is 0 Å². The number of hydrogen-bond acceptors (Lipinski definition) is 3. The van der Waals surface area contributed by atoms with E-state index in [0.29, 0.717) is 0 Å². The van der Waals surface area contributed by atoms with Crippen LogP contribution in [-0.2, 0) is 10.0 Å². The molecule has 11 heavy (non-hydrogen) atoms. The molecule has 0 atom stereocenters. The lowest BCUT2D eigenvalue weighted by atomic mass is 10.8. The third-order valence-electron chi connectivity index (χ3n) is 0.969. The van der Waals surface area contributed by atoms with Crippen LogP contribution >= 0.6 is 11.8 Å². The van der Waals surface area contributed by atoms with Crippen molar-refractivity contribution in [1.29, 1.82) is 0 Å². The van der Waals surface area contributed by atoms with Crippen LogP contribution < -0.4 is 4.72 Å². The van der Waals surface area contributed by atoms with Gasteiger partial charge in [-0.3, -0.25) is 0 Å². The van der Waals surface area contributed by atoms with Crippen LogP contribution in [0.5, 0.6) is 0 Å². The summed E-state index contributed by atoms with van der Waals surface area (Å²) in [4.78, 5) is 0. The lowest BCUT2D eigenvalue weighted by Gasteiger charge is -2.02. The van der Waals surface area contributed by atoms with Gasteiger partial charge in [0.2, 0.25) is 10.0 Å². The van der Waals surface area contributed by atoms with E-state index < -0.39 is 10.0 Å². The maximum Gasteiger partial charge on any atom is 0.246 e. The minimum atomic E-state index is -3.27. The summed E-state index contributed by atoms with van der Waals surface area (Å²) in [6.07, 6.45) is 1.53. The Bertz CT molecular complexity index is 254. The molecule has 0 heterocycles. The smallest absolute Gasteiger partial charge is 0.214 e. The van der Waals surface area contributed by atoms with E-state index in [0.717, 1.165) is 11.8 Å². The van der Waals surface area contributed by atoms with E-state index in [1.807, 2.05) is 0 Å². The normalized spacial score (nSPS) is 13.1. The van der Waals surface area contributed by atoms with Crippen molar-refractivity contribution in [2.45, 2.75) is 6.92 Å². The van der Waals surface area contributed by atoms with Gasteiger partial charge in [-0.2, -0.15) is 0 Å². The zero-order valence-corrected chi connectivity index (χ0v) is 8.13. The lowest BCUT2D eigenvalue weighted by molar-refractivity contribution is 0.596. The molecule has 0 saturated carbocycles. The Labute approximate surface area is 71.6 Å². The minimum absolute atomic E-state index is 0.273. The van der Waals surface area contributed by atoms with Crippen LogP contribution in [0.3, 0.4) is 0 Å². The van der Waals surface area contributed by atoms with Crippen molar-refractivity contribution in [3.8, 4) is 0 Å². The number of hydrogen-bond donors (Lipinski definition) is 1. The average molecular weight is 193 g/mol. The van der Waals surface area contributed by atoms with Gasteiger partial charge in [0.25, 0.3) is 0 Å². The molecule has 5 heteroatoms. The Hall–Kier alpha value is -0.260. The Morgan fingerprint density at radius 2 is 2.18 bits per heavy atom. The molecule has 1 N–H and O–H groups in total. The predicted molar refractivity (Wildman–Crippen MR) is 49.5 cm³/mol. The summed E-state index contributed by atoms with van der Waals surface area (Å²) in [5.41, 5.74) is 0. The second-order valence-electron chi connectivity index (χ2n) is 1.60. The van der Waals surface area contributed by atoms with E-state index in [2.05, 4.69) is 11.3 Å². The van der Waals surface area contributed by atoms with Gasteiger partial charge in [-0.1, -0.05) is 24.4 Å². The van der Waals surface area contributed by atoms with E-state index in [9.17, 15) is 8.42 Å². The van der Waals surface area contributed by atoms with Crippen LogP contribution in [0.15, 0.2) is 22.3 Å². The Balaban J connectivity index is 4.67. The van der Waals surface area contributed by atoms with Crippen molar-refractivity contribution >= 4 is 21.8 Å². The molecular weight excluding hydrogens is 182 g/mol. The predicted octanol–water partition coefficient (Wildman–Crippen LogP) is 1.27. The summed E-state index contributed by atoms with van der Waals surface area (Å²) in [5, 5.41) is 1.48. The second-order valence-corrected chi connectivity index (χ2v) is 4.72. The van der Waals surface area contributed by atoms with Crippen LogP contribution in [0.4, 0.5) is 0 Å². The molecule has 0 bridgehead atoms. The molecular formula is C6H11NO2S2. The topological polar surface area (TPSA) is 46.2 Å². The number of sulfonamides is 1. The van der Waals surface area contributed by atoms with Crippen molar-refractivity contribution in [1.82, 2.24) is 4.72 Å². The lowest BCUT2D eigenvalue weighted by Crippen LogP contribution is -2.18. The molecule has 0 aliphatic carbocycles. The fourth-order valence-corrected chi connectivity index (χ4v) is 2.24. The van der Waals surface area contributed by atoms with E-state index in [4.69, 9.17) is 0 Å². The average Bonchev–Trinajstić information content (AvgIpc) is 2.00. The van der Waals surface area contributed by atoms with Crippen molar-refractivity contribution < 1.29 is 8.42 Å². The minimum Gasteiger partial charge on any atom is -0.214 e. The Morgan fingerprint density at radius 1 is 1.64 bits per heavy atom. The molecule has 0 aromatic rings. The largest absolute Gasteiger partial charge is 0.246 e. The Morgan fingerprint density at radius 3 is 2.45 bits per heavy atom. The van der Waals surface area contributed by atoms with Gasteiger partial charge in [-0.05, 0) is 19.4 Å². The molecule has 0 amide bonds. The maximum absolute atomic E-state index is 11.1. The van der Waals surface area contributed by atoms with E-state index in [-0.39, 0.29) is 4.24 Å². The molecule has 64 valence electrons. The summed E-state index contributed by atoms with van der Waals surface area (Å²) in [6, 6.07) is 0.